The van der Waals surface area contributed by atoms with Crippen molar-refractivity contribution in [2.24, 2.45) is 5.92 Å². The van der Waals surface area contributed by atoms with Crippen molar-refractivity contribution in [3.63, 3.8) is 0 Å². The normalized spacial score (nSPS) is 32.7. The van der Waals surface area contributed by atoms with Crippen molar-refractivity contribution < 1.29 is 4.79 Å². The lowest BCUT2D eigenvalue weighted by Crippen LogP contribution is -2.40. The van der Waals surface area contributed by atoms with E-state index in [1.54, 1.807) is 0 Å². The Morgan fingerprint density at radius 3 is 2.47 bits per heavy atom. The van der Waals surface area contributed by atoms with Crippen LogP contribution in [0.2, 0.25) is 0 Å². The highest BCUT2D eigenvalue weighted by atomic mass is 16.2. The fraction of sp³-hybridized carbons (Fsp3) is 0.923. The highest BCUT2D eigenvalue weighted by molar-refractivity contribution is 5.79. The fourth-order valence-electron chi connectivity index (χ4n) is 3.33. The summed E-state index contributed by atoms with van der Waals surface area (Å²) in [7, 11) is 0. The monoisotopic (exact) mass is 209 g/mol. The van der Waals surface area contributed by atoms with Gasteiger partial charge in [-0.25, -0.2) is 0 Å². The number of amides is 1. The summed E-state index contributed by atoms with van der Waals surface area (Å²) in [5, 5.41) is 0. The summed E-state index contributed by atoms with van der Waals surface area (Å²) in [5.41, 5.74) is 0. The molecule has 0 bridgehead atoms. The predicted octanol–water partition coefficient (Wildman–Crippen LogP) is 2.97. The van der Waals surface area contributed by atoms with Gasteiger partial charge in [-0.3, -0.25) is 4.79 Å². The van der Waals surface area contributed by atoms with E-state index in [2.05, 4.69) is 18.7 Å². The molecular weight excluding hydrogens is 186 g/mol. The van der Waals surface area contributed by atoms with Crippen molar-refractivity contribution in [3.05, 3.63) is 0 Å². The minimum atomic E-state index is 0.395. The summed E-state index contributed by atoms with van der Waals surface area (Å²) in [6.07, 6.45) is 8.73. The smallest absolute Gasteiger partial charge is 0.223 e. The molecule has 2 rings (SSSR count). The molecule has 0 aromatic carbocycles. The largest absolute Gasteiger partial charge is 0.337 e. The molecule has 2 unspecified atom stereocenters. The lowest BCUT2D eigenvalue weighted by Gasteiger charge is -2.32. The minimum absolute atomic E-state index is 0.395. The highest BCUT2D eigenvalue weighted by Crippen LogP contribution is 2.36. The van der Waals surface area contributed by atoms with E-state index < -0.39 is 0 Å². The number of likely N-dealkylation sites (tertiary alicyclic amines) is 1. The van der Waals surface area contributed by atoms with Crippen molar-refractivity contribution in [1.82, 2.24) is 4.90 Å². The first-order chi connectivity index (χ1) is 7.20. The molecule has 1 saturated carbocycles. The minimum Gasteiger partial charge on any atom is -0.337 e. The zero-order chi connectivity index (χ0) is 10.8. The molecule has 0 aromatic heterocycles. The molecule has 0 N–H and O–H groups in total. The van der Waals surface area contributed by atoms with Crippen LogP contribution in [0.1, 0.15) is 58.8 Å². The first-order valence-electron chi connectivity index (χ1n) is 6.51. The highest BCUT2D eigenvalue weighted by Gasteiger charge is 2.40. The van der Waals surface area contributed by atoms with E-state index in [1.165, 1.54) is 38.5 Å². The molecule has 2 aliphatic rings. The molecule has 1 aliphatic carbocycles. The summed E-state index contributed by atoms with van der Waals surface area (Å²) < 4.78 is 0. The second-order valence-electron chi connectivity index (χ2n) is 5.42. The SMILES string of the molecule is CC(C)N1C(=O)CC2CCCCCCC21. The first kappa shape index (κ1) is 11.0. The van der Waals surface area contributed by atoms with Crippen LogP contribution in [-0.2, 0) is 4.79 Å². The number of rotatable bonds is 1. The molecule has 0 radical (unpaired) electrons. The van der Waals surface area contributed by atoms with Gasteiger partial charge in [-0.15, -0.1) is 0 Å². The molecule has 2 atom stereocenters. The number of hydrogen-bond acceptors (Lipinski definition) is 1. The van der Waals surface area contributed by atoms with Gasteiger partial charge < -0.3 is 4.90 Å². The maximum absolute atomic E-state index is 11.9. The Kier molecular flexibility index (Phi) is 3.32. The quantitative estimate of drug-likeness (QED) is 0.650. The van der Waals surface area contributed by atoms with Gasteiger partial charge in [0.05, 0.1) is 0 Å². The molecule has 86 valence electrons. The van der Waals surface area contributed by atoms with E-state index in [4.69, 9.17) is 0 Å². The van der Waals surface area contributed by atoms with Crippen molar-refractivity contribution in [2.45, 2.75) is 70.9 Å². The number of nitrogens with zero attached hydrogens (tertiary/aromatic N) is 1. The lowest BCUT2D eigenvalue weighted by atomic mass is 9.87. The summed E-state index contributed by atoms with van der Waals surface area (Å²) >= 11 is 0. The molecule has 0 aromatic rings. The van der Waals surface area contributed by atoms with Gasteiger partial charge in [-0.2, -0.15) is 0 Å². The molecule has 15 heavy (non-hydrogen) atoms. The maximum Gasteiger partial charge on any atom is 0.223 e. The van der Waals surface area contributed by atoms with Crippen LogP contribution in [0, 0.1) is 5.92 Å². The van der Waals surface area contributed by atoms with Crippen LogP contribution in [0.15, 0.2) is 0 Å². The Bertz CT molecular complexity index is 237. The average Bonchev–Trinajstić information content (AvgIpc) is 2.42. The van der Waals surface area contributed by atoms with Crippen molar-refractivity contribution >= 4 is 5.91 Å². The van der Waals surface area contributed by atoms with Gasteiger partial charge in [-0.05, 0) is 32.6 Å². The topological polar surface area (TPSA) is 20.3 Å². The van der Waals surface area contributed by atoms with Gasteiger partial charge in [0.25, 0.3) is 0 Å². The molecule has 0 spiro atoms. The van der Waals surface area contributed by atoms with E-state index in [9.17, 15) is 4.79 Å². The Hall–Kier alpha value is -0.530. The zero-order valence-corrected chi connectivity index (χ0v) is 10.0. The van der Waals surface area contributed by atoms with Gasteiger partial charge in [0, 0.05) is 18.5 Å². The summed E-state index contributed by atoms with van der Waals surface area (Å²) in [5.74, 6) is 1.07. The van der Waals surface area contributed by atoms with Gasteiger partial charge in [0.1, 0.15) is 0 Å². The zero-order valence-electron chi connectivity index (χ0n) is 10.0. The van der Waals surface area contributed by atoms with E-state index in [-0.39, 0.29) is 0 Å². The van der Waals surface area contributed by atoms with Crippen LogP contribution in [-0.4, -0.2) is 22.9 Å². The van der Waals surface area contributed by atoms with Crippen molar-refractivity contribution in [2.75, 3.05) is 0 Å². The molecular formula is C13H23NO. The van der Waals surface area contributed by atoms with E-state index >= 15 is 0 Å². The molecule has 2 nitrogen and oxygen atoms in total. The third-order valence-electron chi connectivity index (χ3n) is 4.01. The first-order valence-corrected chi connectivity index (χ1v) is 6.51. The number of carbonyl (C=O) groups excluding carboxylic acids is 1. The van der Waals surface area contributed by atoms with E-state index in [0.29, 0.717) is 23.9 Å². The molecule has 2 heteroatoms. The second-order valence-corrected chi connectivity index (χ2v) is 5.42. The molecule has 1 heterocycles. The molecule has 2 fully saturated rings. The molecule has 1 aliphatic heterocycles. The summed E-state index contributed by atoms with van der Waals surface area (Å²) in [4.78, 5) is 14.1. The van der Waals surface area contributed by atoms with E-state index in [0.717, 1.165) is 6.42 Å². The molecule has 1 saturated heterocycles. The van der Waals surface area contributed by atoms with Gasteiger partial charge in [0.2, 0.25) is 5.91 Å². The van der Waals surface area contributed by atoms with E-state index in [1.807, 2.05) is 0 Å². The van der Waals surface area contributed by atoms with Crippen LogP contribution < -0.4 is 0 Å². The third-order valence-corrected chi connectivity index (χ3v) is 4.01. The Labute approximate surface area is 93.0 Å². The summed E-state index contributed by atoms with van der Waals surface area (Å²) in [6.45, 7) is 4.30. The number of carbonyl (C=O) groups is 1. The van der Waals surface area contributed by atoms with Crippen LogP contribution in [0.3, 0.4) is 0 Å². The lowest BCUT2D eigenvalue weighted by molar-refractivity contribution is -0.130. The summed E-state index contributed by atoms with van der Waals surface area (Å²) in [6, 6.07) is 0.963. The number of fused-ring (bicyclic) bond motifs is 1. The Morgan fingerprint density at radius 2 is 1.80 bits per heavy atom. The van der Waals surface area contributed by atoms with Crippen LogP contribution >= 0.6 is 0 Å². The van der Waals surface area contributed by atoms with Gasteiger partial charge >= 0.3 is 0 Å². The van der Waals surface area contributed by atoms with Crippen LogP contribution in [0.25, 0.3) is 0 Å². The van der Waals surface area contributed by atoms with Crippen molar-refractivity contribution in [1.29, 1.82) is 0 Å². The van der Waals surface area contributed by atoms with Gasteiger partial charge in [-0.1, -0.05) is 25.7 Å². The maximum atomic E-state index is 11.9. The third kappa shape index (κ3) is 2.19. The Morgan fingerprint density at radius 1 is 1.13 bits per heavy atom. The van der Waals surface area contributed by atoms with Gasteiger partial charge in [0.15, 0.2) is 0 Å². The second kappa shape index (κ2) is 4.54. The average molecular weight is 209 g/mol. The molecule has 1 amide bonds. The number of hydrogen-bond donors (Lipinski definition) is 0. The fourth-order valence-corrected chi connectivity index (χ4v) is 3.33. The Balaban J connectivity index is 2.10. The van der Waals surface area contributed by atoms with Crippen molar-refractivity contribution in [3.8, 4) is 0 Å². The van der Waals surface area contributed by atoms with Crippen LogP contribution in [0.4, 0.5) is 0 Å². The standard InChI is InChI=1S/C13H23NO/c1-10(2)14-12-8-6-4-3-5-7-11(12)9-13(14)15/h10-12H,3-9H2,1-2H3. The predicted molar refractivity (Wildman–Crippen MR) is 61.6 cm³/mol. The van der Waals surface area contributed by atoms with Crippen LogP contribution in [0.5, 0.6) is 0 Å².